The molecule has 1 aromatic rings. The molecular formula is C13H23N3. The zero-order valence-corrected chi connectivity index (χ0v) is 10.4. The maximum atomic E-state index is 4.37. The van der Waals surface area contributed by atoms with Gasteiger partial charge in [0.05, 0.1) is 0 Å². The maximum Gasteiger partial charge on any atom is 0.202 e. The van der Waals surface area contributed by atoms with E-state index in [1.165, 1.54) is 25.7 Å². The predicted octanol–water partition coefficient (Wildman–Crippen LogP) is 3.14. The Morgan fingerprint density at radius 2 is 2.38 bits per heavy atom. The van der Waals surface area contributed by atoms with Crippen LogP contribution >= 0.6 is 0 Å². The number of hydrogen-bond acceptors (Lipinski definition) is 2. The molecule has 1 fully saturated rings. The van der Waals surface area contributed by atoms with Gasteiger partial charge in [-0.1, -0.05) is 20.3 Å². The molecule has 1 saturated carbocycles. The summed E-state index contributed by atoms with van der Waals surface area (Å²) < 4.78 is 2.23. The van der Waals surface area contributed by atoms with E-state index in [0.29, 0.717) is 0 Å². The van der Waals surface area contributed by atoms with E-state index in [2.05, 4.69) is 34.9 Å². The molecule has 3 heteroatoms. The van der Waals surface area contributed by atoms with Crippen molar-refractivity contribution in [2.45, 2.75) is 46.1 Å². The van der Waals surface area contributed by atoms with E-state index in [0.717, 1.165) is 30.9 Å². The molecule has 0 aromatic carbocycles. The quantitative estimate of drug-likeness (QED) is 0.766. The molecule has 2 rings (SSSR count). The highest BCUT2D eigenvalue weighted by molar-refractivity contribution is 5.25. The van der Waals surface area contributed by atoms with E-state index in [-0.39, 0.29) is 0 Å². The van der Waals surface area contributed by atoms with Crippen molar-refractivity contribution in [1.82, 2.24) is 9.55 Å². The molecule has 1 aromatic heterocycles. The fourth-order valence-corrected chi connectivity index (χ4v) is 2.07. The smallest absolute Gasteiger partial charge is 0.202 e. The van der Waals surface area contributed by atoms with Crippen LogP contribution in [0.4, 0.5) is 5.95 Å². The van der Waals surface area contributed by atoms with Gasteiger partial charge in [-0.05, 0) is 31.1 Å². The summed E-state index contributed by atoms with van der Waals surface area (Å²) >= 11 is 0. The Morgan fingerprint density at radius 1 is 1.56 bits per heavy atom. The zero-order valence-electron chi connectivity index (χ0n) is 10.4. The second kappa shape index (κ2) is 5.37. The van der Waals surface area contributed by atoms with Crippen LogP contribution in [0.1, 0.15) is 39.5 Å². The molecule has 0 amide bonds. The van der Waals surface area contributed by atoms with Gasteiger partial charge in [0, 0.05) is 25.5 Å². The van der Waals surface area contributed by atoms with Crippen LogP contribution in [0.3, 0.4) is 0 Å². The first-order valence-electron chi connectivity index (χ1n) is 6.56. The second-order valence-corrected chi connectivity index (χ2v) is 4.99. The lowest BCUT2D eigenvalue weighted by Gasteiger charge is -2.13. The third-order valence-electron chi connectivity index (χ3n) is 3.48. The summed E-state index contributed by atoms with van der Waals surface area (Å²) in [6.07, 6.45) is 9.26. The van der Waals surface area contributed by atoms with Crippen LogP contribution in [0.15, 0.2) is 12.4 Å². The van der Waals surface area contributed by atoms with Crippen LogP contribution in [-0.2, 0) is 6.54 Å². The first-order valence-corrected chi connectivity index (χ1v) is 6.56. The summed E-state index contributed by atoms with van der Waals surface area (Å²) in [6.45, 7) is 6.70. The lowest BCUT2D eigenvalue weighted by molar-refractivity contribution is 0.531. The van der Waals surface area contributed by atoms with Gasteiger partial charge >= 0.3 is 0 Å². The molecule has 1 unspecified atom stereocenters. The highest BCUT2D eigenvalue weighted by Crippen LogP contribution is 2.36. The zero-order chi connectivity index (χ0) is 11.4. The average molecular weight is 221 g/mol. The van der Waals surface area contributed by atoms with Crippen molar-refractivity contribution < 1.29 is 0 Å². The first-order chi connectivity index (χ1) is 7.81. The summed E-state index contributed by atoms with van der Waals surface area (Å²) in [6, 6.07) is 0. The third-order valence-corrected chi connectivity index (χ3v) is 3.48. The first kappa shape index (κ1) is 11.5. The van der Waals surface area contributed by atoms with Crippen LogP contribution in [0.5, 0.6) is 0 Å². The van der Waals surface area contributed by atoms with Crippen LogP contribution in [0.2, 0.25) is 0 Å². The highest BCUT2D eigenvalue weighted by atomic mass is 15.2. The van der Waals surface area contributed by atoms with Crippen molar-refractivity contribution in [3.05, 3.63) is 12.4 Å². The number of aryl methyl sites for hydroxylation is 1. The lowest BCUT2D eigenvalue weighted by atomic mass is 10.1. The van der Waals surface area contributed by atoms with Gasteiger partial charge in [-0.3, -0.25) is 0 Å². The average Bonchev–Trinajstić information content (AvgIpc) is 3.04. The van der Waals surface area contributed by atoms with E-state index >= 15 is 0 Å². The topological polar surface area (TPSA) is 29.9 Å². The van der Waals surface area contributed by atoms with Gasteiger partial charge in [0.25, 0.3) is 0 Å². The summed E-state index contributed by atoms with van der Waals surface area (Å²) in [4.78, 5) is 4.37. The number of anilines is 1. The summed E-state index contributed by atoms with van der Waals surface area (Å²) in [5, 5.41) is 3.48. The number of nitrogens with one attached hydrogen (secondary N) is 1. The van der Waals surface area contributed by atoms with Crippen molar-refractivity contribution in [1.29, 1.82) is 0 Å². The Morgan fingerprint density at radius 3 is 3.06 bits per heavy atom. The molecule has 0 radical (unpaired) electrons. The Kier molecular flexibility index (Phi) is 3.86. The molecule has 16 heavy (non-hydrogen) atoms. The van der Waals surface area contributed by atoms with E-state index in [9.17, 15) is 0 Å². The van der Waals surface area contributed by atoms with Crippen molar-refractivity contribution >= 4 is 5.95 Å². The largest absolute Gasteiger partial charge is 0.355 e. The molecule has 0 saturated heterocycles. The highest BCUT2D eigenvalue weighted by Gasteiger charge is 2.27. The second-order valence-electron chi connectivity index (χ2n) is 4.99. The SMILES string of the molecule is CCCCn1ccnc1NCC(C)C1CC1. The molecular weight excluding hydrogens is 198 g/mol. The molecule has 1 heterocycles. The third kappa shape index (κ3) is 3.00. The van der Waals surface area contributed by atoms with Crippen molar-refractivity contribution in [3.8, 4) is 0 Å². The van der Waals surface area contributed by atoms with Crippen molar-refractivity contribution in [2.75, 3.05) is 11.9 Å². The van der Waals surface area contributed by atoms with Gasteiger partial charge in [0.15, 0.2) is 0 Å². The number of rotatable bonds is 7. The number of aromatic nitrogens is 2. The molecule has 1 N–H and O–H groups in total. The number of unbranched alkanes of at least 4 members (excludes halogenated alkanes) is 1. The monoisotopic (exact) mass is 221 g/mol. The molecule has 1 atom stereocenters. The van der Waals surface area contributed by atoms with Gasteiger partial charge in [0.2, 0.25) is 5.95 Å². The molecule has 0 spiro atoms. The molecule has 3 nitrogen and oxygen atoms in total. The normalized spacial score (nSPS) is 17.4. The van der Waals surface area contributed by atoms with Gasteiger partial charge in [-0.15, -0.1) is 0 Å². The Balaban J connectivity index is 1.80. The van der Waals surface area contributed by atoms with Gasteiger partial charge in [-0.2, -0.15) is 0 Å². The fourth-order valence-electron chi connectivity index (χ4n) is 2.07. The molecule has 90 valence electrons. The number of hydrogen-bond donors (Lipinski definition) is 1. The minimum absolute atomic E-state index is 0.788. The number of imidazole rings is 1. The van der Waals surface area contributed by atoms with E-state index in [1.54, 1.807) is 0 Å². The van der Waals surface area contributed by atoms with Gasteiger partial charge < -0.3 is 9.88 Å². The van der Waals surface area contributed by atoms with Crippen molar-refractivity contribution in [2.24, 2.45) is 11.8 Å². The van der Waals surface area contributed by atoms with E-state index < -0.39 is 0 Å². The van der Waals surface area contributed by atoms with Gasteiger partial charge in [0.1, 0.15) is 0 Å². The lowest BCUT2D eigenvalue weighted by Crippen LogP contribution is -2.16. The fraction of sp³-hybridized carbons (Fsp3) is 0.769. The van der Waals surface area contributed by atoms with Gasteiger partial charge in [-0.25, -0.2) is 4.98 Å². The van der Waals surface area contributed by atoms with E-state index in [1.807, 2.05) is 6.20 Å². The summed E-state index contributed by atoms with van der Waals surface area (Å²) in [7, 11) is 0. The number of nitrogens with zero attached hydrogens (tertiary/aromatic N) is 2. The summed E-state index contributed by atoms with van der Waals surface area (Å²) in [5.74, 6) is 2.80. The molecule has 1 aliphatic carbocycles. The summed E-state index contributed by atoms with van der Waals surface area (Å²) in [5.41, 5.74) is 0. The predicted molar refractivity (Wildman–Crippen MR) is 67.5 cm³/mol. The van der Waals surface area contributed by atoms with E-state index in [4.69, 9.17) is 0 Å². The van der Waals surface area contributed by atoms with Crippen molar-refractivity contribution in [3.63, 3.8) is 0 Å². The van der Waals surface area contributed by atoms with Crippen LogP contribution in [0, 0.1) is 11.8 Å². The Hall–Kier alpha value is -0.990. The molecule has 1 aliphatic rings. The minimum atomic E-state index is 0.788. The standard InChI is InChI=1S/C13H23N3/c1-3-4-8-16-9-7-14-13(16)15-10-11(2)12-5-6-12/h7,9,11-12H,3-6,8,10H2,1-2H3,(H,14,15). The molecule has 0 bridgehead atoms. The Labute approximate surface area is 98.3 Å². The minimum Gasteiger partial charge on any atom is -0.355 e. The Bertz CT molecular complexity index is 315. The molecule has 0 aliphatic heterocycles. The maximum absolute atomic E-state index is 4.37. The van der Waals surface area contributed by atoms with Crippen LogP contribution < -0.4 is 5.32 Å². The van der Waals surface area contributed by atoms with Crippen LogP contribution in [0.25, 0.3) is 0 Å². The van der Waals surface area contributed by atoms with Crippen LogP contribution in [-0.4, -0.2) is 16.1 Å².